The van der Waals surface area contributed by atoms with E-state index in [9.17, 15) is 9.59 Å². The van der Waals surface area contributed by atoms with E-state index >= 15 is 0 Å². The van der Waals surface area contributed by atoms with Crippen LogP contribution in [0.15, 0.2) is 9.59 Å². The highest BCUT2D eigenvalue weighted by molar-refractivity contribution is 6.30. The molecule has 0 atom stereocenters. The molecule has 1 aromatic heterocycles. The summed E-state index contributed by atoms with van der Waals surface area (Å²) in [5.74, 6) is -0.0159. The second-order valence-electron chi connectivity index (χ2n) is 5.72. The van der Waals surface area contributed by atoms with Gasteiger partial charge in [-0.1, -0.05) is 46.2 Å². The maximum absolute atomic E-state index is 12.3. The van der Waals surface area contributed by atoms with E-state index < -0.39 is 5.69 Å². The Balaban J connectivity index is 3.43. The highest BCUT2D eigenvalue weighted by Crippen LogP contribution is 2.22. The van der Waals surface area contributed by atoms with E-state index in [2.05, 4.69) is 4.98 Å². The van der Waals surface area contributed by atoms with Crippen molar-refractivity contribution in [2.24, 2.45) is 5.41 Å². The highest BCUT2D eigenvalue weighted by atomic mass is 35.5. The standard InChI is InChI=1S/C13H21ClN2O2/c1-6-13(4,5)7-16-11(17)9(8(2)3)10(14)15-12(16)18/h8H,6-7H2,1-5H3,(H,15,18). The molecule has 0 saturated heterocycles. The number of halogens is 1. The van der Waals surface area contributed by atoms with Crippen LogP contribution in [0.25, 0.3) is 0 Å². The predicted molar refractivity (Wildman–Crippen MR) is 74.5 cm³/mol. The summed E-state index contributed by atoms with van der Waals surface area (Å²) in [4.78, 5) is 26.7. The molecule has 1 heterocycles. The van der Waals surface area contributed by atoms with Crippen LogP contribution in [0.3, 0.4) is 0 Å². The van der Waals surface area contributed by atoms with E-state index in [-0.39, 0.29) is 22.0 Å². The van der Waals surface area contributed by atoms with Crippen molar-refractivity contribution in [1.29, 1.82) is 0 Å². The monoisotopic (exact) mass is 272 g/mol. The lowest BCUT2D eigenvalue weighted by atomic mass is 9.90. The van der Waals surface area contributed by atoms with E-state index in [0.717, 1.165) is 6.42 Å². The van der Waals surface area contributed by atoms with E-state index in [1.165, 1.54) is 4.57 Å². The molecule has 4 nitrogen and oxygen atoms in total. The SMILES string of the molecule is CCC(C)(C)Cn1c(=O)[nH]c(Cl)c(C(C)C)c1=O. The van der Waals surface area contributed by atoms with Crippen molar-refractivity contribution in [2.45, 2.75) is 53.5 Å². The Kier molecular flexibility index (Phi) is 4.43. The Morgan fingerprint density at radius 1 is 1.33 bits per heavy atom. The third-order valence-electron chi connectivity index (χ3n) is 3.29. The molecule has 18 heavy (non-hydrogen) atoms. The van der Waals surface area contributed by atoms with Crippen LogP contribution in [0.4, 0.5) is 0 Å². The van der Waals surface area contributed by atoms with Crippen LogP contribution in [0, 0.1) is 5.41 Å². The molecule has 0 radical (unpaired) electrons. The van der Waals surface area contributed by atoms with Gasteiger partial charge in [0.25, 0.3) is 5.56 Å². The number of hydrogen-bond donors (Lipinski definition) is 1. The maximum Gasteiger partial charge on any atom is 0.329 e. The zero-order valence-electron chi connectivity index (χ0n) is 11.6. The first-order valence-electron chi connectivity index (χ1n) is 6.22. The van der Waals surface area contributed by atoms with Crippen molar-refractivity contribution in [3.05, 3.63) is 31.6 Å². The maximum atomic E-state index is 12.3. The van der Waals surface area contributed by atoms with Crippen LogP contribution >= 0.6 is 11.6 Å². The van der Waals surface area contributed by atoms with Crippen LogP contribution in [-0.2, 0) is 6.54 Å². The first-order valence-corrected chi connectivity index (χ1v) is 6.60. The van der Waals surface area contributed by atoms with E-state index in [1.54, 1.807) is 0 Å². The molecule has 1 N–H and O–H groups in total. The number of aromatic nitrogens is 2. The topological polar surface area (TPSA) is 54.9 Å². The second-order valence-corrected chi connectivity index (χ2v) is 6.10. The van der Waals surface area contributed by atoms with Gasteiger partial charge in [0.2, 0.25) is 0 Å². The van der Waals surface area contributed by atoms with Crippen molar-refractivity contribution < 1.29 is 0 Å². The van der Waals surface area contributed by atoms with Gasteiger partial charge in [0.1, 0.15) is 5.15 Å². The molecule has 102 valence electrons. The number of H-pyrrole nitrogens is 1. The Labute approximate surface area is 112 Å². The van der Waals surface area contributed by atoms with Gasteiger partial charge in [0.15, 0.2) is 0 Å². The molecule has 1 aromatic rings. The van der Waals surface area contributed by atoms with Gasteiger partial charge in [-0.05, 0) is 17.8 Å². The van der Waals surface area contributed by atoms with Gasteiger partial charge in [-0.15, -0.1) is 0 Å². The summed E-state index contributed by atoms with van der Waals surface area (Å²) in [7, 11) is 0. The Morgan fingerprint density at radius 2 is 1.89 bits per heavy atom. The van der Waals surface area contributed by atoms with E-state index in [0.29, 0.717) is 12.1 Å². The van der Waals surface area contributed by atoms with Crippen molar-refractivity contribution in [3.8, 4) is 0 Å². The van der Waals surface area contributed by atoms with Crippen molar-refractivity contribution in [3.63, 3.8) is 0 Å². The fourth-order valence-corrected chi connectivity index (χ4v) is 2.12. The summed E-state index contributed by atoms with van der Waals surface area (Å²) in [6.07, 6.45) is 0.887. The number of nitrogens with zero attached hydrogens (tertiary/aromatic N) is 1. The molecule has 0 aliphatic rings. The van der Waals surface area contributed by atoms with Gasteiger partial charge in [-0.2, -0.15) is 0 Å². The van der Waals surface area contributed by atoms with Crippen LogP contribution in [0.1, 0.15) is 52.5 Å². The number of hydrogen-bond acceptors (Lipinski definition) is 2. The van der Waals surface area contributed by atoms with Crippen LogP contribution in [0.2, 0.25) is 5.15 Å². The number of rotatable bonds is 4. The van der Waals surface area contributed by atoms with Crippen LogP contribution in [-0.4, -0.2) is 9.55 Å². The second kappa shape index (κ2) is 5.31. The predicted octanol–water partition coefficient (Wildman–Crippen LogP) is 2.75. The molecular weight excluding hydrogens is 252 g/mol. The highest BCUT2D eigenvalue weighted by Gasteiger charge is 2.21. The van der Waals surface area contributed by atoms with Crippen molar-refractivity contribution in [2.75, 3.05) is 0 Å². The molecule has 0 aliphatic heterocycles. The minimum Gasteiger partial charge on any atom is -0.297 e. The first kappa shape index (κ1) is 15.0. The third-order valence-corrected chi connectivity index (χ3v) is 3.59. The molecule has 0 fully saturated rings. The largest absolute Gasteiger partial charge is 0.329 e. The fraction of sp³-hybridized carbons (Fsp3) is 0.692. The van der Waals surface area contributed by atoms with E-state index in [1.807, 2.05) is 34.6 Å². The molecular formula is C13H21ClN2O2. The summed E-state index contributed by atoms with van der Waals surface area (Å²) in [6.45, 7) is 10.3. The lowest BCUT2D eigenvalue weighted by Crippen LogP contribution is -2.41. The van der Waals surface area contributed by atoms with Gasteiger partial charge < -0.3 is 0 Å². The Morgan fingerprint density at radius 3 is 2.33 bits per heavy atom. The number of aromatic amines is 1. The zero-order valence-corrected chi connectivity index (χ0v) is 12.4. The summed E-state index contributed by atoms with van der Waals surface area (Å²) < 4.78 is 1.25. The molecule has 5 heteroatoms. The third kappa shape index (κ3) is 3.05. The summed E-state index contributed by atoms with van der Waals surface area (Å²) in [5, 5.41) is 0.158. The zero-order chi connectivity index (χ0) is 14.1. The molecule has 0 saturated carbocycles. The van der Waals surface area contributed by atoms with Crippen LogP contribution < -0.4 is 11.2 Å². The van der Waals surface area contributed by atoms with Gasteiger partial charge in [0, 0.05) is 6.54 Å². The summed E-state index contributed by atoms with van der Waals surface area (Å²) >= 11 is 5.94. The lowest BCUT2D eigenvalue weighted by molar-refractivity contribution is 0.283. The summed E-state index contributed by atoms with van der Waals surface area (Å²) in [6, 6.07) is 0. The Bertz CT molecular complexity index is 541. The summed E-state index contributed by atoms with van der Waals surface area (Å²) in [5.41, 5.74) is -0.335. The fourth-order valence-electron chi connectivity index (χ4n) is 1.74. The van der Waals surface area contributed by atoms with Gasteiger partial charge in [-0.3, -0.25) is 14.3 Å². The smallest absolute Gasteiger partial charge is 0.297 e. The molecule has 0 aromatic carbocycles. The first-order chi connectivity index (χ1) is 8.19. The minimum absolute atomic E-state index is 0.0159. The average Bonchev–Trinajstić information content (AvgIpc) is 2.23. The van der Waals surface area contributed by atoms with E-state index in [4.69, 9.17) is 11.6 Å². The molecule has 0 spiro atoms. The Hall–Kier alpha value is -1.03. The molecule has 0 aliphatic carbocycles. The van der Waals surface area contributed by atoms with Crippen molar-refractivity contribution in [1.82, 2.24) is 9.55 Å². The van der Waals surface area contributed by atoms with Gasteiger partial charge >= 0.3 is 5.69 Å². The average molecular weight is 273 g/mol. The van der Waals surface area contributed by atoms with Gasteiger partial charge in [-0.25, -0.2) is 4.79 Å². The molecule has 1 rings (SSSR count). The van der Waals surface area contributed by atoms with Gasteiger partial charge in [0.05, 0.1) is 5.56 Å². The van der Waals surface area contributed by atoms with Crippen molar-refractivity contribution >= 4 is 11.6 Å². The molecule has 0 bridgehead atoms. The minimum atomic E-state index is -0.434. The normalized spacial score (nSPS) is 12.2. The lowest BCUT2D eigenvalue weighted by Gasteiger charge is -2.23. The molecule has 0 unspecified atom stereocenters. The number of nitrogens with one attached hydrogen (secondary N) is 1. The quantitative estimate of drug-likeness (QED) is 0.857. The van der Waals surface area contributed by atoms with Crippen LogP contribution in [0.5, 0.6) is 0 Å². The molecule has 0 amide bonds.